The van der Waals surface area contributed by atoms with Crippen LogP contribution in [-0.4, -0.2) is 35.1 Å². The third-order valence-corrected chi connectivity index (χ3v) is 6.92. The predicted molar refractivity (Wildman–Crippen MR) is 145 cm³/mol. The van der Waals surface area contributed by atoms with E-state index >= 15 is 0 Å². The molecule has 0 unspecified atom stereocenters. The molecule has 0 saturated carbocycles. The number of carbonyl (C=O) groups excluding carboxylic acids is 2. The zero-order valence-corrected chi connectivity index (χ0v) is 22.0. The van der Waals surface area contributed by atoms with Gasteiger partial charge in [0.25, 0.3) is 11.8 Å². The van der Waals surface area contributed by atoms with Crippen molar-refractivity contribution >= 4 is 46.6 Å². The van der Waals surface area contributed by atoms with E-state index < -0.39 is 11.8 Å². The molecule has 35 heavy (non-hydrogen) atoms. The third-order valence-electron chi connectivity index (χ3n) is 6.63. The quantitative estimate of drug-likeness (QED) is 0.344. The standard InChI is InChI=1S/C28H33N3O3S/c1-7-34-21-11-9-20(10-12-21)30-26(33)23(25(32)29-27(30)35)15-19-8-13-24-22(14-19)18(4)16-28(5,6)31(24)17(2)3/h8-15,17-18H,7,16H2,1-6H3,(H,29,32,35)/b23-15+/t18-/m1/s1. The summed E-state index contributed by atoms with van der Waals surface area (Å²) in [5.41, 5.74) is 3.93. The smallest absolute Gasteiger partial charge is 0.270 e. The number of fused-ring (bicyclic) bond motifs is 1. The molecule has 2 heterocycles. The van der Waals surface area contributed by atoms with Crippen LogP contribution in [0.2, 0.25) is 0 Å². The van der Waals surface area contributed by atoms with Crippen molar-refractivity contribution in [3.63, 3.8) is 0 Å². The van der Waals surface area contributed by atoms with E-state index in [0.717, 1.165) is 12.0 Å². The highest BCUT2D eigenvalue weighted by Gasteiger charge is 2.38. The van der Waals surface area contributed by atoms with Gasteiger partial charge in [0, 0.05) is 17.3 Å². The maximum absolute atomic E-state index is 13.4. The van der Waals surface area contributed by atoms with Crippen molar-refractivity contribution < 1.29 is 14.3 Å². The normalized spacial score (nSPS) is 20.8. The highest BCUT2D eigenvalue weighted by molar-refractivity contribution is 7.80. The zero-order valence-electron chi connectivity index (χ0n) is 21.2. The summed E-state index contributed by atoms with van der Waals surface area (Å²) in [6.07, 6.45) is 2.69. The largest absolute Gasteiger partial charge is 0.494 e. The number of nitrogens with zero attached hydrogens (tertiary/aromatic N) is 2. The fourth-order valence-corrected chi connectivity index (χ4v) is 5.74. The molecule has 2 aliphatic rings. The first-order valence-corrected chi connectivity index (χ1v) is 12.5. The average Bonchev–Trinajstić information content (AvgIpc) is 2.77. The Kier molecular flexibility index (Phi) is 6.73. The number of hydrogen-bond acceptors (Lipinski definition) is 5. The molecule has 0 aliphatic carbocycles. The number of thiocarbonyl (C=S) groups is 1. The molecule has 1 fully saturated rings. The van der Waals surface area contributed by atoms with Crippen molar-refractivity contribution in [3.8, 4) is 5.75 Å². The van der Waals surface area contributed by atoms with Gasteiger partial charge in [-0.15, -0.1) is 0 Å². The van der Waals surface area contributed by atoms with Gasteiger partial charge in [-0.05, 0) is 113 Å². The summed E-state index contributed by atoms with van der Waals surface area (Å²) in [6, 6.07) is 13.6. The molecule has 0 aromatic heterocycles. The number of ether oxygens (including phenoxy) is 1. The van der Waals surface area contributed by atoms with Crippen LogP contribution in [-0.2, 0) is 9.59 Å². The van der Waals surface area contributed by atoms with Gasteiger partial charge in [0.2, 0.25) is 0 Å². The number of anilines is 2. The molecule has 0 radical (unpaired) electrons. The van der Waals surface area contributed by atoms with Gasteiger partial charge in [-0.1, -0.05) is 13.0 Å². The van der Waals surface area contributed by atoms with Crippen molar-refractivity contribution in [2.45, 2.75) is 65.5 Å². The van der Waals surface area contributed by atoms with E-state index in [1.54, 1.807) is 30.3 Å². The Balaban J connectivity index is 1.69. The van der Waals surface area contributed by atoms with Gasteiger partial charge in [0.1, 0.15) is 11.3 Å². The minimum Gasteiger partial charge on any atom is -0.494 e. The third kappa shape index (κ3) is 4.69. The number of hydrogen-bond donors (Lipinski definition) is 1. The van der Waals surface area contributed by atoms with E-state index in [-0.39, 0.29) is 16.2 Å². The minimum absolute atomic E-state index is 0.0493. The molecule has 2 amide bonds. The number of nitrogens with one attached hydrogen (secondary N) is 1. The molecule has 0 spiro atoms. The van der Waals surface area contributed by atoms with E-state index in [9.17, 15) is 9.59 Å². The lowest BCUT2D eigenvalue weighted by Gasteiger charge is -2.50. The number of amides is 2. The van der Waals surface area contributed by atoms with E-state index in [4.69, 9.17) is 17.0 Å². The van der Waals surface area contributed by atoms with Crippen LogP contribution in [0.25, 0.3) is 6.08 Å². The molecule has 184 valence electrons. The van der Waals surface area contributed by atoms with E-state index in [2.05, 4.69) is 57.0 Å². The van der Waals surface area contributed by atoms with Crippen molar-refractivity contribution in [2.75, 3.05) is 16.4 Å². The second-order valence-electron chi connectivity index (χ2n) is 10.1. The molecular weight excluding hydrogens is 458 g/mol. The van der Waals surface area contributed by atoms with Crippen LogP contribution in [0.5, 0.6) is 5.75 Å². The summed E-state index contributed by atoms with van der Waals surface area (Å²) >= 11 is 5.33. The Morgan fingerprint density at radius 3 is 2.49 bits per heavy atom. The lowest BCUT2D eigenvalue weighted by Crippen LogP contribution is -2.54. The second-order valence-corrected chi connectivity index (χ2v) is 10.5. The Labute approximate surface area is 212 Å². The van der Waals surface area contributed by atoms with Gasteiger partial charge in [-0.3, -0.25) is 19.8 Å². The maximum Gasteiger partial charge on any atom is 0.270 e. The second kappa shape index (κ2) is 9.46. The minimum atomic E-state index is -0.488. The summed E-state index contributed by atoms with van der Waals surface area (Å²) in [7, 11) is 0. The summed E-state index contributed by atoms with van der Waals surface area (Å²) in [5.74, 6) is 0.127. The molecule has 6 nitrogen and oxygen atoms in total. The monoisotopic (exact) mass is 491 g/mol. The highest BCUT2D eigenvalue weighted by Crippen LogP contribution is 2.44. The van der Waals surface area contributed by atoms with Crippen LogP contribution in [0.15, 0.2) is 48.0 Å². The van der Waals surface area contributed by atoms with E-state index in [1.165, 1.54) is 16.2 Å². The summed E-state index contributed by atoms with van der Waals surface area (Å²) < 4.78 is 5.49. The molecular formula is C28H33N3O3S. The molecule has 1 N–H and O–H groups in total. The summed E-state index contributed by atoms with van der Waals surface area (Å²) in [6.45, 7) is 13.7. The highest BCUT2D eigenvalue weighted by atomic mass is 32.1. The molecule has 7 heteroatoms. The molecule has 1 saturated heterocycles. The molecule has 2 aromatic carbocycles. The van der Waals surface area contributed by atoms with Gasteiger partial charge in [-0.2, -0.15) is 0 Å². The molecule has 4 rings (SSSR count). The first-order chi connectivity index (χ1) is 16.5. The van der Waals surface area contributed by atoms with Crippen LogP contribution in [0.4, 0.5) is 11.4 Å². The first-order valence-electron chi connectivity index (χ1n) is 12.1. The maximum atomic E-state index is 13.4. The molecule has 2 aliphatic heterocycles. The van der Waals surface area contributed by atoms with Gasteiger partial charge in [0.05, 0.1) is 12.3 Å². The molecule has 2 aromatic rings. The van der Waals surface area contributed by atoms with Crippen molar-refractivity contribution in [3.05, 3.63) is 59.2 Å². The van der Waals surface area contributed by atoms with Crippen LogP contribution in [0, 0.1) is 0 Å². The van der Waals surface area contributed by atoms with E-state index in [0.29, 0.717) is 30.0 Å². The number of carbonyl (C=O) groups is 2. The van der Waals surface area contributed by atoms with E-state index in [1.807, 2.05) is 13.0 Å². The van der Waals surface area contributed by atoms with Gasteiger partial charge < -0.3 is 9.64 Å². The van der Waals surface area contributed by atoms with Gasteiger partial charge >= 0.3 is 0 Å². The lowest BCUT2D eigenvalue weighted by molar-refractivity contribution is -0.122. The fraction of sp³-hybridized carbons (Fsp3) is 0.393. The van der Waals surface area contributed by atoms with Crippen LogP contribution in [0.3, 0.4) is 0 Å². The Morgan fingerprint density at radius 1 is 1.17 bits per heavy atom. The Morgan fingerprint density at radius 2 is 1.86 bits per heavy atom. The zero-order chi connectivity index (χ0) is 25.5. The van der Waals surface area contributed by atoms with Gasteiger partial charge in [-0.25, -0.2) is 0 Å². The topological polar surface area (TPSA) is 61.9 Å². The fourth-order valence-electron chi connectivity index (χ4n) is 5.45. The van der Waals surface area contributed by atoms with Crippen molar-refractivity contribution in [1.82, 2.24) is 5.32 Å². The van der Waals surface area contributed by atoms with Gasteiger partial charge in [0.15, 0.2) is 5.11 Å². The van der Waals surface area contributed by atoms with Crippen LogP contribution < -0.4 is 19.9 Å². The number of benzene rings is 2. The van der Waals surface area contributed by atoms with Crippen LogP contribution in [0.1, 0.15) is 65.0 Å². The first kappa shape index (κ1) is 24.9. The predicted octanol–water partition coefficient (Wildman–Crippen LogP) is 5.42. The van der Waals surface area contributed by atoms with Crippen molar-refractivity contribution in [1.29, 1.82) is 0 Å². The summed E-state index contributed by atoms with van der Waals surface area (Å²) in [5, 5.41) is 2.73. The van der Waals surface area contributed by atoms with Crippen molar-refractivity contribution in [2.24, 2.45) is 0 Å². The Hall–Kier alpha value is -3.19. The Bertz CT molecular complexity index is 1200. The number of rotatable bonds is 5. The average molecular weight is 492 g/mol. The molecule has 1 atom stereocenters. The lowest BCUT2D eigenvalue weighted by atomic mass is 9.78. The summed E-state index contributed by atoms with van der Waals surface area (Å²) in [4.78, 5) is 30.0. The molecule has 0 bridgehead atoms. The SMILES string of the molecule is CCOc1ccc(N2C(=O)/C(=C/c3ccc4c(c3)[C@H](C)CC(C)(C)N4C(C)C)C(=O)NC2=S)cc1. The van der Waals surface area contributed by atoms with Crippen LogP contribution >= 0.6 is 12.2 Å².